The second kappa shape index (κ2) is 6.17. The van der Waals surface area contributed by atoms with E-state index >= 15 is 0 Å². The van der Waals surface area contributed by atoms with E-state index in [-0.39, 0.29) is 0 Å². The van der Waals surface area contributed by atoms with Gasteiger partial charge in [0.05, 0.1) is 11.6 Å². The van der Waals surface area contributed by atoms with Crippen molar-refractivity contribution >= 4 is 33.2 Å². The Balaban J connectivity index is 2.21. The molecule has 0 radical (unpaired) electrons. The minimum Gasteiger partial charge on any atom is -0.493 e. The van der Waals surface area contributed by atoms with E-state index in [1.807, 2.05) is 18.2 Å². The summed E-state index contributed by atoms with van der Waals surface area (Å²) in [5.41, 5.74) is 7.22. The van der Waals surface area contributed by atoms with Crippen LogP contribution in [0.4, 0.5) is 5.69 Å². The van der Waals surface area contributed by atoms with E-state index in [1.54, 1.807) is 25.3 Å². The summed E-state index contributed by atoms with van der Waals surface area (Å²) >= 11 is 9.53. The minimum absolute atomic E-state index is 0.322. The highest BCUT2D eigenvalue weighted by molar-refractivity contribution is 9.10. The highest BCUT2D eigenvalue weighted by atomic mass is 79.9. The normalized spacial score (nSPS) is 10.3. The van der Waals surface area contributed by atoms with Crippen molar-refractivity contribution in [2.75, 3.05) is 12.8 Å². The molecule has 0 unspecified atom stereocenters. The standard InChI is InChI=1S/C14H13BrClNO2/c1-18-13-4-2-3-11(15)14(13)19-8-9-7-10(17)5-6-12(9)16/h2-7H,8,17H2,1H3. The molecule has 0 spiro atoms. The molecule has 0 heterocycles. The van der Waals surface area contributed by atoms with E-state index in [0.29, 0.717) is 28.8 Å². The summed E-state index contributed by atoms with van der Waals surface area (Å²) in [6.45, 7) is 0.322. The predicted octanol–water partition coefficient (Wildman–Crippen LogP) is 4.27. The zero-order valence-electron chi connectivity index (χ0n) is 10.3. The Hall–Kier alpha value is -1.39. The molecule has 2 rings (SSSR count). The van der Waals surface area contributed by atoms with Crippen LogP contribution in [0.5, 0.6) is 11.5 Å². The lowest BCUT2D eigenvalue weighted by Gasteiger charge is -2.13. The molecule has 0 saturated heterocycles. The number of hydrogen-bond donors (Lipinski definition) is 1. The highest BCUT2D eigenvalue weighted by Crippen LogP contribution is 2.35. The molecule has 0 aliphatic rings. The third-order valence-electron chi connectivity index (χ3n) is 2.59. The zero-order chi connectivity index (χ0) is 13.8. The van der Waals surface area contributed by atoms with Gasteiger partial charge >= 0.3 is 0 Å². The monoisotopic (exact) mass is 341 g/mol. The number of methoxy groups -OCH3 is 1. The fourth-order valence-electron chi connectivity index (χ4n) is 1.65. The molecule has 2 N–H and O–H groups in total. The third kappa shape index (κ3) is 3.33. The number of rotatable bonds is 4. The van der Waals surface area contributed by atoms with Crippen LogP contribution in [0.25, 0.3) is 0 Å². The van der Waals surface area contributed by atoms with Gasteiger partial charge in [0.25, 0.3) is 0 Å². The molecular weight excluding hydrogens is 330 g/mol. The Morgan fingerprint density at radius 2 is 2.05 bits per heavy atom. The average molecular weight is 343 g/mol. The molecule has 0 aliphatic heterocycles. The van der Waals surface area contributed by atoms with Gasteiger partial charge in [0.15, 0.2) is 11.5 Å². The summed E-state index contributed by atoms with van der Waals surface area (Å²) in [4.78, 5) is 0. The number of ether oxygens (including phenoxy) is 2. The van der Waals surface area contributed by atoms with Crippen LogP contribution in [0, 0.1) is 0 Å². The molecular formula is C14H13BrClNO2. The van der Waals surface area contributed by atoms with Crippen LogP contribution < -0.4 is 15.2 Å². The summed E-state index contributed by atoms with van der Waals surface area (Å²) < 4.78 is 11.9. The first-order valence-corrected chi connectivity index (χ1v) is 6.78. The molecule has 5 heteroatoms. The lowest BCUT2D eigenvalue weighted by molar-refractivity contribution is 0.282. The third-order valence-corrected chi connectivity index (χ3v) is 3.59. The number of hydrogen-bond acceptors (Lipinski definition) is 3. The van der Waals surface area contributed by atoms with Crippen LogP contribution in [0.1, 0.15) is 5.56 Å². The Kier molecular flexibility index (Phi) is 4.56. The van der Waals surface area contributed by atoms with E-state index in [4.69, 9.17) is 26.8 Å². The smallest absolute Gasteiger partial charge is 0.175 e. The first kappa shape index (κ1) is 14.0. The summed E-state index contributed by atoms with van der Waals surface area (Å²) in [5.74, 6) is 1.30. The SMILES string of the molecule is COc1cccc(Br)c1OCc1cc(N)ccc1Cl. The van der Waals surface area contributed by atoms with Crippen molar-refractivity contribution < 1.29 is 9.47 Å². The quantitative estimate of drug-likeness (QED) is 0.844. The molecule has 0 aliphatic carbocycles. The first-order chi connectivity index (χ1) is 9.11. The van der Waals surface area contributed by atoms with E-state index in [2.05, 4.69) is 15.9 Å². The Bertz CT molecular complexity index is 590. The summed E-state index contributed by atoms with van der Waals surface area (Å²) in [6, 6.07) is 10.9. The fraction of sp³-hybridized carbons (Fsp3) is 0.143. The van der Waals surface area contributed by atoms with Crippen LogP contribution in [0.2, 0.25) is 5.02 Å². The van der Waals surface area contributed by atoms with Gasteiger partial charge in [-0.3, -0.25) is 0 Å². The molecule has 0 amide bonds. The molecule has 2 aromatic carbocycles. The summed E-state index contributed by atoms with van der Waals surface area (Å²) in [6.07, 6.45) is 0. The predicted molar refractivity (Wildman–Crippen MR) is 80.9 cm³/mol. The van der Waals surface area contributed by atoms with Crippen molar-refractivity contribution in [3.05, 3.63) is 51.5 Å². The molecule has 0 saturated carbocycles. The van der Waals surface area contributed by atoms with Crippen LogP contribution in [-0.4, -0.2) is 7.11 Å². The van der Waals surface area contributed by atoms with Crippen LogP contribution in [-0.2, 0) is 6.61 Å². The second-order valence-corrected chi connectivity index (χ2v) is 5.17. The van der Waals surface area contributed by atoms with Gasteiger partial charge in [-0.05, 0) is 46.3 Å². The molecule has 0 aromatic heterocycles. The van der Waals surface area contributed by atoms with Gasteiger partial charge < -0.3 is 15.2 Å². The number of benzene rings is 2. The van der Waals surface area contributed by atoms with Crippen molar-refractivity contribution in [2.24, 2.45) is 0 Å². The number of nitrogens with two attached hydrogens (primary N) is 1. The molecule has 19 heavy (non-hydrogen) atoms. The average Bonchev–Trinajstić information content (AvgIpc) is 2.40. The molecule has 2 aromatic rings. The van der Waals surface area contributed by atoms with E-state index in [9.17, 15) is 0 Å². The Morgan fingerprint density at radius 3 is 2.79 bits per heavy atom. The maximum atomic E-state index is 6.10. The Morgan fingerprint density at radius 1 is 1.26 bits per heavy atom. The van der Waals surface area contributed by atoms with Crippen molar-refractivity contribution in [2.45, 2.75) is 6.61 Å². The lowest BCUT2D eigenvalue weighted by Crippen LogP contribution is -2.00. The topological polar surface area (TPSA) is 44.5 Å². The molecule has 0 fully saturated rings. The minimum atomic E-state index is 0.322. The van der Waals surface area contributed by atoms with Gasteiger partial charge in [0, 0.05) is 16.3 Å². The van der Waals surface area contributed by atoms with Crippen LogP contribution >= 0.6 is 27.5 Å². The van der Waals surface area contributed by atoms with Crippen molar-refractivity contribution in [3.63, 3.8) is 0 Å². The lowest BCUT2D eigenvalue weighted by atomic mass is 10.2. The largest absolute Gasteiger partial charge is 0.493 e. The van der Waals surface area contributed by atoms with Crippen molar-refractivity contribution in [1.29, 1.82) is 0 Å². The zero-order valence-corrected chi connectivity index (χ0v) is 12.7. The van der Waals surface area contributed by atoms with E-state index in [0.717, 1.165) is 10.0 Å². The van der Waals surface area contributed by atoms with Gasteiger partial charge in [-0.25, -0.2) is 0 Å². The molecule has 0 atom stereocenters. The van der Waals surface area contributed by atoms with Gasteiger partial charge in [-0.1, -0.05) is 17.7 Å². The van der Waals surface area contributed by atoms with Gasteiger partial charge in [-0.2, -0.15) is 0 Å². The van der Waals surface area contributed by atoms with Gasteiger partial charge in [0.2, 0.25) is 0 Å². The van der Waals surface area contributed by atoms with Gasteiger partial charge in [-0.15, -0.1) is 0 Å². The molecule has 3 nitrogen and oxygen atoms in total. The van der Waals surface area contributed by atoms with E-state index in [1.165, 1.54) is 0 Å². The first-order valence-electron chi connectivity index (χ1n) is 5.61. The number of nitrogen functional groups attached to an aromatic ring is 1. The van der Waals surface area contributed by atoms with Crippen molar-refractivity contribution in [3.8, 4) is 11.5 Å². The fourth-order valence-corrected chi connectivity index (χ4v) is 2.28. The highest BCUT2D eigenvalue weighted by Gasteiger charge is 2.10. The van der Waals surface area contributed by atoms with Crippen LogP contribution in [0.15, 0.2) is 40.9 Å². The van der Waals surface area contributed by atoms with Crippen molar-refractivity contribution in [1.82, 2.24) is 0 Å². The summed E-state index contributed by atoms with van der Waals surface area (Å²) in [5, 5.41) is 0.625. The number of halogens is 2. The molecule has 100 valence electrons. The summed E-state index contributed by atoms with van der Waals surface area (Å²) in [7, 11) is 1.60. The van der Waals surface area contributed by atoms with E-state index < -0.39 is 0 Å². The molecule has 0 bridgehead atoms. The maximum absolute atomic E-state index is 6.10. The van der Waals surface area contributed by atoms with Crippen LogP contribution in [0.3, 0.4) is 0 Å². The maximum Gasteiger partial charge on any atom is 0.175 e. The second-order valence-electron chi connectivity index (χ2n) is 3.91. The Labute approximate surface area is 125 Å². The van der Waals surface area contributed by atoms with Gasteiger partial charge in [0.1, 0.15) is 6.61 Å². The number of anilines is 1. The number of para-hydroxylation sites is 1.